The van der Waals surface area contributed by atoms with Gasteiger partial charge >= 0.3 is 0 Å². The number of carbonyl (C=O) groups excluding carboxylic acids is 1. The normalized spacial score (nSPS) is 9.90. The maximum atomic E-state index is 12.5. The zero-order valence-corrected chi connectivity index (χ0v) is 12.0. The van der Waals surface area contributed by atoms with E-state index in [1.54, 1.807) is 43.4 Å². The van der Waals surface area contributed by atoms with Crippen LogP contribution >= 0.6 is 11.6 Å². The zero-order valence-electron chi connectivity index (χ0n) is 11.2. The molecule has 3 nitrogen and oxygen atoms in total. The zero-order chi connectivity index (χ0) is 14.7. The molecule has 0 radical (unpaired) electrons. The maximum absolute atomic E-state index is 12.5. The second kappa shape index (κ2) is 5.77. The minimum atomic E-state index is -0.235. The average molecular weight is 285 g/mol. The number of carbonyl (C=O) groups is 1. The summed E-state index contributed by atoms with van der Waals surface area (Å²) in [4.78, 5) is 14.0. The summed E-state index contributed by atoms with van der Waals surface area (Å²) < 4.78 is 0. The van der Waals surface area contributed by atoms with E-state index in [1.165, 1.54) is 4.90 Å². The third-order valence-corrected chi connectivity index (χ3v) is 3.61. The highest BCUT2D eigenvalue weighted by atomic mass is 35.5. The summed E-state index contributed by atoms with van der Waals surface area (Å²) in [5, 5.41) is 9.55. The Morgan fingerprint density at radius 1 is 1.20 bits per heavy atom. The lowest BCUT2D eigenvalue weighted by Crippen LogP contribution is -2.27. The number of aryl methyl sites for hydroxylation is 1. The monoisotopic (exact) mass is 284 g/mol. The van der Waals surface area contributed by atoms with Gasteiger partial charge in [-0.05, 0) is 30.7 Å². The molecular weight excluding hydrogens is 272 g/mol. The van der Waals surface area contributed by atoms with Crippen molar-refractivity contribution in [2.75, 3.05) is 11.9 Å². The van der Waals surface area contributed by atoms with E-state index >= 15 is 0 Å². The fourth-order valence-corrected chi connectivity index (χ4v) is 2.17. The summed E-state index contributed by atoms with van der Waals surface area (Å²) >= 11 is 6.18. The van der Waals surface area contributed by atoms with Gasteiger partial charge in [0.25, 0.3) is 5.91 Å². The topological polar surface area (TPSA) is 44.1 Å². The van der Waals surface area contributed by atoms with Crippen LogP contribution in [0.25, 0.3) is 0 Å². The fraction of sp³-hybridized carbons (Fsp3) is 0.125. The predicted molar refractivity (Wildman–Crippen MR) is 80.1 cm³/mol. The molecule has 0 spiro atoms. The van der Waals surface area contributed by atoms with Gasteiger partial charge in [-0.3, -0.25) is 4.79 Å². The molecular formula is C16H13ClN2O. The third kappa shape index (κ3) is 2.52. The summed E-state index contributed by atoms with van der Waals surface area (Å²) in [7, 11) is 1.64. The maximum Gasteiger partial charge on any atom is 0.259 e. The van der Waals surface area contributed by atoms with E-state index in [0.29, 0.717) is 21.8 Å². The van der Waals surface area contributed by atoms with Gasteiger partial charge in [-0.25, -0.2) is 0 Å². The molecule has 0 aromatic heterocycles. The number of anilines is 1. The lowest BCUT2D eigenvalue weighted by molar-refractivity contribution is 0.0993. The lowest BCUT2D eigenvalue weighted by atomic mass is 10.1. The number of nitrogens with zero attached hydrogens (tertiary/aromatic N) is 2. The number of amides is 1. The van der Waals surface area contributed by atoms with Crippen LogP contribution in [0.4, 0.5) is 5.69 Å². The molecule has 2 rings (SSSR count). The number of benzene rings is 2. The van der Waals surface area contributed by atoms with Gasteiger partial charge in [0.1, 0.15) is 6.07 Å². The predicted octanol–water partition coefficient (Wildman–Crippen LogP) is 3.80. The second-order valence-corrected chi connectivity index (χ2v) is 4.81. The van der Waals surface area contributed by atoms with Crippen molar-refractivity contribution >= 4 is 23.2 Å². The molecule has 0 aliphatic carbocycles. The van der Waals surface area contributed by atoms with Crippen molar-refractivity contribution < 1.29 is 4.79 Å². The first-order valence-corrected chi connectivity index (χ1v) is 6.46. The van der Waals surface area contributed by atoms with Crippen LogP contribution in [0.1, 0.15) is 21.5 Å². The van der Waals surface area contributed by atoms with Crippen LogP contribution in [0.2, 0.25) is 5.02 Å². The molecule has 2 aromatic rings. The molecule has 0 fully saturated rings. The van der Waals surface area contributed by atoms with Gasteiger partial charge in [0.2, 0.25) is 0 Å². The van der Waals surface area contributed by atoms with Gasteiger partial charge in [0.15, 0.2) is 0 Å². The highest BCUT2D eigenvalue weighted by Crippen LogP contribution is 2.25. The van der Waals surface area contributed by atoms with Crippen LogP contribution in [0, 0.1) is 18.3 Å². The molecule has 0 aliphatic rings. The summed E-state index contributed by atoms with van der Waals surface area (Å²) in [5.41, 5.74) is 2.30. The van der Waals surface area contributed by atoms with Crippen molar-refractivity contribution in [3.63, 3.8) is 0 Å². The van der Waals surface area contributed by atoms with E-state index in [1.807, 2.05) is 13.0 Å². The van der Waals surface area contributed by atoms with Crippen LogP contribution in [-0.4, -0.2) is 13.0 Å². The first-order valence-electron chi connectivity index (χ1n) is 6.08. The Morgan fingerprint density at radius 3 is 2.60 bits per heavy atom. The fourth-order valence-electron chi connectivity index (χ4n) is 1.96. The molecule has 4 heteroatoms. The van der Waals surface area contributed by atoms with Gasteiger partial charge < -0.3 is 4.90 Å². The van der Waals surface area contributed by atoms with Gasteiger partial charge in [-0.1, -0.05) is 35.9 Å². The summed E-state index contributed by atoms with van der Waals surface area (Å²) in [6.07, 6.45) is 0. The van der Waals surface area contributed by atoms with E-state index in [2.05, 4.69) is 6.07 Å². The Morgan fingerprint density at radius 2 is 1.90 bits per heavy atom. The van der Waals surface area contributed by atoms with E-state index < -0.39 is 0 Å². The Labute approximate surface area is 123 Å². The third-order valence-electron chi connectivity index (χ3n) is 3.11. The van der Waals surface area contributed by atoms with E-state index in [9.17, 15) is 4.79 Å². The van der Waals surface area contributed by atoms with Crippen LogP contribution in [-0.2, 0) is 0 Å². The molecule has 0 unspecified atom stereocenters. The minimum absolute atomic E-state index is 0.235. The Balaban J connectivity index is 2.44. The standard InChI is InChI=1S/C16H13ClN2O/c1-11-6-5-8-13(15(11)17)16(20)19(2)14-9-4-3-7-12(14)10-18/h3-9H,1-2H3. The van der Waals surface area contributed by atoms with E-state index in [0.717, 1.165) is 5.56 Å². The highest BCUT2D eigenvalue weighted by Gasteiger charge is 2.19. The van der Waals surface area contributed by atoms with Crippen LogP contribution < -0.4 is 4.90 Å². The highest BCUT2D eigenvalue weighted by molar-refractivity contribution is 6.35. The minimum Gasteiger partial charge on any atom is -0.310 e. The van der Waals surface area contributed by atoms with Gasteiger partial charge in [-0.2, -0.15) is 5.26 Å². The second-order valence-electron chi connectivity index (χ2n) is 4.43. The Kier molecular flexibility index (Phi) is 4.07. The van der Waals surface area contributed by atoms with Crippen molar-refractivity contribution in [3.05, 3.63) is 64.2 Å². The number of hydrogen-bond donors (Lipinski definition) is 0. The molecule has 0 atom stereocenters. The molecule has 0 bridgehead atoms. The lowest BCUT2D eigenvalue weighted by Gasteiger charge is -2.19. The molecule has 1 amide bonds. The van der Waals surface area contributed by atoms with Crippen molar-refractivity contribution in [2.45, 2.75) is 6.92 Å². The molecule has 2 aromatic carbocycles. The average Bonchev–Trinajstić information content (AvgIpc) is 2.48. The first-order chi connectivity index (χ1) is 9.56. The molecule has 0 saturated heterocycles. The van der Waals surface area contributed by atoms with E-state index in [-0.39, 0.29) is 5.91 Å². The summed E-state index contributed by atoms with van der Waals surface area (Å²) in [5.74, 6) is -0.235. The summed E-state index contributed by atoms with van der Waals surface area (Å²) in [6, 6.07) is 14.4. The molecule has 0 saturated carbocycles. The van der Waals surface area contributed by atoms with Crippen LogP contribution in [0.5, 0.6) is 0 Å². The number of para-hydroxylation sites is 1. The number of nitriles is 1. The summed E-state index contributed by atoms with van der Waals surface area (Å²) in [6.45, 7) is 1.85. The van der Waals surface area contributed by atoms with Crippen molar-refractivity contribution in [3.8, 4) is 6.07 Å². The van der Waals surface area contributed by atoms with Crippen LogP contribution in [0.15, 0.2) is 42.5 Å². The molecule has 0 N–H and O–H groups in total. The molecule has 0 heterocycles. The van der Waals surface area contributed by atoms with Crippen molar-refractivity contribution in [2.24, 2.45) is 0 Å². The van der Waals surface area contributed by atoms with Gasteiger partial charge in [-0.15, -0.1) is 0 Å². The number of hydrogen-bond acceptors (Lipinski definition) is 2. The smallest absolute Gasteiger partial charge is 0.259 e. The molecule has 100 valence electrons. The van der Waals surface area contributed by atoms with E-state index in [4.69, 9.17) is 16.9 Å². The van der Waals surface area contributed by atoms with Crippen molar-refractivity contribution in [1.82, 2.24) is 0 Å². The van der Waals surface area contributed by atoms with Crippen LogP contribution in [0.3, 0.4) is 0 Å². The van der Waals surface area contributed by atoms with Gasteiger partial charge in [0.05, 0.1) is 21.8 Å². The SMILES string of the molecule is Cc1cccc(C(=O)N(C)c2ccccc2C#N)c1Cl. The molecule has 20 heavy (non-hydrogen) atoms. The van der Waals surface area contributed by atoms with Gasteiger partial charge in [0, 0.05) is 7.05 Å². The van der Waals surface area contributed by atoms with Crippen molar-refractivity contribution in [1.29, 1.82) is 5.26 Å². The quantitative estimate of drug-likeness (QED) is 0.842. The Bertz CT molecular complexity index is 704. The number of halogens is 1. The molecule has 0 aliphatic heterocycles. The largest absolute Gasteiger partial charge is 0.310 e. The first kappa shape index (κ1) is 14.1. The Hall–Kier alpha value is -2.31. The number of rotatable bonds is 2.